The lowest BCUT2D eigenvalue weighted by Crippen LogP contribution is -2.37. The third kappa shape index (κ3) is 4.16. The van der Waals surface area contributed by atoms with E-state index in [2.05, 4.69) is 60.3 Å². The maximum absolute atomic E-state index is 13.2. The zero-order valence-corrected chi connectivity index (χ0v) is 19.4. The molecule has 2 aliphatic heterocycles. The molecule has 0 radical (unpaired) electrons. The summed E-state index contributed by atoms with van der Waals surface area (Å²) in [6.07, 6.45) is 7.11. The average Bonchev–Trinajstić information content (AvgIpc) is 3.06. The SMILES string of the molecule is CCCCCn1c2c(c3cc(C(=O)N4CCC(C)CC4)ccc31)CN(C(C)C)CC2. The molecule has 4 heteroatoms. The highest BCUT2D eigenvalue weighted by atomic mass is 16.2. The molecule has 4 rings (SSSR count). The van der Waals surface area contributed by atoms with Gasteiger partial charge in [0.1, 0.15) is 0 Å². The molecular weight excluding hydrogens is 370 g/mol. The van der Waals surface area contributed by atoms with Gasteiger partial charge in [0.2, 0.25) is 0 Å². The van der Waals surface area contributed by atoms with E-state index < -0.39 is 0 Å². The zero-order valence-electron chi connectivity index (χ0n) is 19.4. The predicted octanol–water partition coefficient (Wildman–Crippen LogP) is 5.47. The Balaban J connectivity index is 1.69. The molecule has 0 atom stereocenters. The van der Waals surface area contributed by atoms with Crippen LogP contribution in [0, 0.1) is 5.92 Å². The largest absolute Gasteiger partial charge is 0.344 e. The van der Waals surface area contributed by atoms with E-state index in [9.17, 15) is 4.79 Å². The van der Waals surface area contributed by atoms with E-state index in [0.717, 1.165) is 63.5 Å². The minimum atomic E-state index is 0.216. The van der Waals surface area contributed by atoms with E-state index in [-0.39, 0.29) is 5.91 Å². The highest BCUT2D eigenvalue weighted by Gasteiger charge is 2.27. The second-order valence-electron chi connectivity index (χ2n) is 9.80. The number of amides is 1. The monoisotopic (exact) mass is 409 g/mol. The fourth-order valence-electron chi connectivity index (χ4n) is 5.21. The van der Waals surface area contributed by atoms with Gasteiger partial charge in [-0.2, -0.15) is 0 Å². The van der Waals surface area contributed by atoms with Crippen molar-refractivity contribution in [3.63, 3.8) is 0 Å². The van der Waals surface area contributed by atoms with Crippen molar-refractivity contribution in [1.82, 2.24) is 14.4 Å². The van der Waals surface area contributed by atoms with Crippen LogP contribution in [0.2, 0.25) is 0 Å². The maximum Gasteiger partial charge on any atom is 0.253 e. The van der Waals surface area contributed by atoms with Gasteiger partial charge < -0.3 is 9.47 Å². The van der Waals surface area contributed by atoms with Crippen molar-refractivity contribution < 1.29 is 4.79 Å². The Morgan fingerprint density at radius 3 is 2.60 bits per heavy atom. The second kappa shape index (κ2) is 9.13. The number of hydrogen-bond donors (Lipinski definition) is 0. The lowest BCUT2D eigenvalue weighted by atomic mass is 9.98. The molecule has 2 aromatic rings. The summed E-state index contributed by atoms with van der Waals surface area (Å²) in [7, 11) is 0. The smallest absolute Gasteiger partial charge is 0.253 e. The zero-order chi connectivity index (χ0) is 21.3. The van der Waals surface area contributed by atoms with Crippen LogP contribution >= 0.6 is 0 Å². The minimum absolute atomic E-state index is 0.216. The topological polar surface area (TPSA) is 28.5 Å². The molecule has 0 unspecified atom stereocenters. The summed E-state index contributed by atoms with van der Waals surface area (Å²) in [6.45, 7) is 14.2. The molecule has 0 saturated carbocycles. The number of nitrogens with zero attached hydrogens (tertiary/aromatic N) is 3. The Labute approximate surface area is 182 Å². The third-order valence-electron chi connectivity index (χ3n) is 7.32. The van der Waals surface area contributed by atoms with Crippen molar-refractivity contribution in [2.75, 3.05) is 19.6 Å². The number of unbranched alkanes of at least 4 members (excludes halogenated alkanes) is 2. The van der Waals surface area contributed by atoms with E-state index in [1.54, 1.807) is 0 Å². The molecule has 1 amide bonds. The van der Waals surface area contributed by atoms with Gasteiger partial charge in [0.15, 0.2) is 0 Å². The standard InChI is InChI=1S/C26H39N3O/c1-5-6-7-13-29-24-9-8-21(26(30)27-14-10-20(4)11-15-27)17-22(24)23-18-28(19(2)3)16-12-25(23)29/h8-9,17,19-20H,5-7,10-16,18H2,1-4H3. The van der Waals surface area contributed by atoms with E-state index in [4.69, 9.17) is 0 Å². The number of fused-ring (bicyclic) bond motifs is 3. The van der Waals surface area contributed by atoms with Gasteiger partial charge in [0, 0.05) is 67.3 Å². The highest BCUT2D eigenvalue weighted by molar-refractivity contribution is 5.99. The van der Waals surface area contributed by atoms with Crippen LogP contribution in [0.4, 0.5) is 0 Å². The summed E-state index contributed by atoms with van der Waals surface area (Å²) in [5, 5.41) is 1.31. The van der Waals surface area contributed by atoms with Gasteiger partial charge in [-0.05, 0) is 62.8 Å². The highest BCUT2D eigenvalue weighted by Crippen LogP contribution is 2.33. The summed E-state index contributed by atoms with van der Waals surface area (Å²) in [6, 6.07) is 7.05. The van der Waals surface area contributed by atoms with Crippen LogP contribution in [0.3, 0.4) is 0 Å². The van der Waals surface area contributed by atoms with Crippen LogP contribution in [0.25, 0.3) is 10.9 Å². The van der Waals surface area contributed by atoms with Crippen LogP contribution in [0.5, 0.6) is 0 Å². The minimum Gasteiger partial charge on any atom is -0.344 e. The second-order valence-corrected chi connectivity index (χ2v) is 9.80. The molecule has 3 heterocycles. The Hall–Kier alpha value is -1.81. The van der Waals surface area contributed by atoms with Gasteiger partial charge >= 0.3 is 0 Å². The van der Waals surface area contributed by atoms with Gasteiger partial charge in [-0.25, -0.2) is 0 Å². The fraction of sp³-hybridized carbons (Fsp3) is 0.654. The number of benzene rings is 1. The van der Waals surface area contributed by atoms with Gasteiger partial charge in [-0.3, -0.25) is 9.69 Å². The van der Waals surface area contributed by atoms with Crippen molar-refractivity contribution >= 4 is 16.8 Å². The normalized spacial score (nSPS) is 18.4. The number of carbonyl (C=O) groups is 1. The van der Waals surface area contributed by atoms with Gasteiger partial charge in [0.05, 0.1) is 0 Å². The Kier molecular flexibility index (Phi) is 6.52. The molecule has 1 fully saturated rings. The van der Waals surface area contributed by atoms with E-state index in [1.807, 2.05) is 0 Å². The average molecular weight is 410 g/mol. The van der Waals surface area contributed by atoms with E-state index in [1.165, 1.54) is 41.4 Å². The molecule has 1 aromatic heterocycles. The first-order valence-electron chi connectivity index (χ1n) is 12.2. The van der Waals surface area contributed by atoms with Gasteiger partial charge in [0.25, 0.3) is 5.91 Å². The summed E-state index contributed by atoms with van der Waals surface area (Å²) < 4.78 is 2.56. The Morgan fingerprint density at radius 1 is 1.13 bits per heavy atom. The van der Waals surface area contributed by atoms with Gasteiger partial charge in [-0.1, -0.05) is 26.7 Å². The first-order chi connectivity index (χ1) is 14.5. The summed E-state index contributed by atoms with van der Waals surface area (Å²) in [5.74, 6) is 0.954. The summed E-state index contributed by atoms with van der Waals surface area (Å²) >= 11 is 0. The molecule has 2 aliphatic rings. The number of likely N-dealkylation sites (tertiary alicyclic amines) is 1. The molecule has 0 spiro atoms. The molecule has 1 saturated heterocycles. The molecule has 4 nitrogen and oxygen atoms in total. The summed E-state index contributed by atoms with van der Waals surface area (Å²) in [5.41, 5.74) is 5.16. The van der Waals surface area contributed by atoms with Crippen molar-refractivity contribution in [1.29, 1.82) is 0 Å². The first-order valence-corrected chi connectivity index (χ1v) is 12.2. The van der Waals surface area contributed by atoms with Crippen LogP contribution < -0.4 is 0 Å². The van der Waals surface area contributed by atoms with Crippen LogP contribution in [0.15, 0.2) is 18.2 Å². The lowest BCUT2D eigenvalue weighted by Gasteiger charge is -2.31. The van der Waals surface area contributed by atoms with Crippen LogP contribution in [-0.4, -0.2) is 46.0 Å². The Bertz CT molecular complexity index is 889. The Morgan fingerprint density at radius 2 is 1.90 bits per heavy atom. The van der Waals surface area contributed by atoms with Crippen molar-refractivity contribution in [2.45, 2.75) is 85.4 Å². The van der Waals surface area contributed by atoms with Crippen LogP contribution in [-0.2, 0) is 19.5 Å². The molecule has 1 aromatic carbocycles. The van der Waals surface area contributed by atoms with Crippen LogP contribution in [0.1, 0.15) is 81.4 Å². The van der Waals surface area contributed by atoms with E-state index in [0.29, 0.717) is 6.04 Å². The number of rotatable bonds is 6. The number of aromatic nitrogens is 1. The maximum atomic E-state index is 13.2. The number of hydrogen-bond acceptors (Lipinski definition) is 2. The predicted molar refractivity (Wildman–Crippen MR) is 125 cm³/mol. The van der Waals surface area contributed by atoms with Crippen molar-refractivity contribution in [3.05, 3.63) is 35.0 Å². The first kappa shape index (κ1) is 21.4. The number of piperidine rings is 1. The molecule has 164 valence electrons. The molecule has 0 N–H and O–H groups in total. The summed E-state index contributed by atoms with van der Waals surface area (Å²) in [4.78, 5) is 17.8. The molecule has 0 bridgehead atoms. The molecule has 30 heavy (non-hydrogen) atoms. The van der Waals surface area contributed by atoms with Gasteiger partial charge in [-0.15, -0.1) is 0 Å². The van der Waals surface area contributed by atoms with Crippen molar-refractivity contribution in [3.8, 4) is 0 Å². The van der Waals surface area contributed by atoms with E-state index >= 15 is 0 Å². The quantitative estimate of drug-likeness (QED) is 0.592. The number of carbonyl (C=O) groups excluding carboxylic acids is 1. The third-order valence-corrected chi connectivity index (χ3v) is 7.32. The molecule has 0 aliphatic carbocycles. The number of aryl methyl sites for hydroxylation is 1. The fourth-order valence-corrected chi connectivity index (χ4v) is 5.21. The van der Waals surface area contributed by atoms with Crippen molar-refractivity contribution in [2.24, 2.45) is 5.92 Å². The lowest BCUT2D eigenvalue weighted by molar-refractivity contribution is 0.0697. The molecular formula is C26H39N3O.